The van der Waals surface area contributed by atoms with E-state index in [2.05, 4.69) is 20.8 Å². The van der Waals surface area contributed by atoms with Crippen molar-refractivity contribution in [2.24, 2.45) is 28.6 Å². The fourth-order valence-corrected chi connectivity index (χ4v) is 8.31. The van der Waals surface area contributed by atoms with Gasteiger partial charge >= 0.3 is 0 Å². The monoisotopic (exact) mass is 332 g/mol. The molecule has 3 nitrogen and oxygen atoms in total. The number of hydrogen-bond donors (Lipinski definition) is 1. The van der Waals surface area contributed by atoms with E-state index in [9.17, 15) is 9.90 Å². The molecular weight excluding hydrogens is 300 g/mol. The van der Waals surface area contributed by atoms with E-state index in [0.29, 0.717) is 24.0 Å². The van der Waals surface area contributed by atoms with Crippen molar-refractivity contribution < 1.29 is 14.6 Å². The van der Waals surface area contributed by atoms with Gasteiger partial charge in [-0.25, -0.2) is 0 Å². The summed E-state index contributed by atoms with van der Waals surface area (Å²) in [5.41, 5.74) is -0.301. The highest BCUT2D eigenvalue weighted by Gasteiger charge is 2.83. The highest BCUT2D eigenvalue weighted by Crippen LogP contribution is 2.76. The van der Waals surface area contributed by atoms with Gasteiger partial charge in [0.05, 0.1) is 6.10 Å². The Morgan fingerprint density at radius 2 is 1.88 bits per heavy atom. The number of Topliss-reactive ketones (excluding diaryl/α,β-unsaturated/α-hetero) is 1. The summed E-state index contributed by atoms with van der Waals surface area (Å²) in [4.78, 5) is 12.7. The molecule has 4 aliphatic carbocycles. The van der Waals surface area contributed by atoms with Gasteiger partial charge in [-0.3, -0.25) is 4.79 Å². The standard InChI is InChI=1S/C21H32O3/c1-4-20-17(23)9-11-19(3)15-8-10-18(2)14(5-6-16(18)22)13(15)7-12-21(19,20)24-20/h13-16,22H,4-12H2,1-3H3/t13-,14-,15-,16-,18-,19+,20+,21-/m0/s1. The highest BCUT2D eigenvalue weighted by molar-refractivity contribution is 5.93. The van der Waals surface area contributed by atoms with Crippen LogP contribution in [0.25, 0.3) is 0 Å². The minimum Gasteiger partial charge on any atom is -0.393 e. The zero-order valence-electron chi connectivity index (χ0n) is 15.4. The summed E-state index contributed by atoms with van der Waals surface area (Å²) in [5, 5.41) is 10.6. The number of aliphatic hydroxyl groups excluding tert-OH is 1. The van der Waals surface area contributed by atoms with E-state index in [-0.39, 0.29) is 22.5 Å². The van der Waals surface area contributed by atoms with E-state index in [0.717, 1.165) is 38.0 Å². The van der Waals surface area contributed by atoms with Crippen LogP contribution in [0.5, 0.6) is 0 Å². The molecule has 1 spiro atoms. The predicted molar refractivity (Wildman–Crippen MR) is 91.5 cm³/mol. The molecular formula is C21H32O3. The second-order valence-corrected chi connectivity index (χ2v) is 10.0. The number of fused-ring (bicyclic) bond motifs is 4. The average Bonchev–Trinajstić information content (AvgIpc) is 3.17. The minimum absolute atomic E-state index is 0.105. The smallest absolute Gasteiger partial charge is 0.167 e. The van der Waals surface area contributed by atoms with Crippen molar-refractivity contribution in [3.05, 3.63) is 0 Å². The molecule has 0 aromatic rings. The lowest BCUT2D eigenvalue weighted by atomic mass is 9.43. The molecule has 0 aromatic carbocycles. The molecule has 4 saturated carbocycles. The van der Waals surface area contributed by atoms with Gasteiger partial charge in [0.25, 0.3) is 0 Å². The Morgan fingerprint density at radius 1 is 1.08 bits per heavy atom. The maximum Gasteiger partial charge on any atom is 0.167 e. The van der Waals surface area contributed by atoms with Crippen molar-refractivity contribution in [3.8, 4) is 0 Å². The van der Waals surface area contributed by atoms with Gasteiger partial charge in [0, 0.05) is 11.8 Å². The number of aliphatic hydroxyl groups is 1. The number of hydrogen-bond acceptors (Lipinski definition) is 3. The van der Waals surface area contributed by atoms with Gasteiger partial charge in [0.1, 0.15) is 5.60 Å². The minimum atomic E-state index is -0.444. The fraction of sp³-hybridized carbons (Fsp3) is 0.952. The zero-order chi connectivity index (χ0) is 17.0. The Labute approximate surface area is 145 Å². The van der Waals surface area contributed by atoms with Crippen LogP contribution >= 0.6 is 0 Å². The first-order valence-corrected chi connectivity index (χ1v) is 10.3. The molecule has 8 atom stereocenters. The van der Waals surface area contributed by atoms with Crippen LogP contribution in [0.1, 0.15) is 78.6 Å². The van der Waals surface area contributed by atoms with Gasteiger partial charge in [-0.2, -0.15) is 0 Å². The maximum atomic E-state index is 12.7. The first-order valence-electron chi connectivity index (χ1n) is 10.3. The molecule has 5 fully saturated rings. The number of carbonyl (C=O) groups excluding carboxylic acids is 1. The van der Waals surface area contributed by atoms with E-state index >= 15 is 0 Å². The van der Waals surface area contributed by atoms with Crippen LogP contribution < -0.4 is 0 Å². The van der Waals surface area contributed by atoms with E-state index in [1.807, 2.05) is 0 Å². The molecule has 0 aromatic heterocycles. The number of carbonyl (C=O) groups is 1. The lowest BCUT2D eigenvalue weighted by Gasteiger charge is -2.59. The second kappa shape index (κ2) is 4.46. The van der Waals surface area contributed by atoms with E-state index in [1.165, 1.54) is 19.3 Å². The van der Waals surface area contributed by atoms with Gasteiger partial charge in [-0.1, -0.05) is 20.8 Å². The normalized spacial score (nSPS) is 61.6. The summed E-state index contributed by atoms with van der Waals surface area (Å²) in [6.45, 7) is 6.92. The molecule has 0 unspecified atom stereocenters. The molecule has 5 aliphatic rings. The SMILES string of the molecule is CC[C@]12O[C@]13CC[C@H]1[C@@H]4CC[C@H](O)[C@@]4(C)CC[C@@H]1[C@@]3(C)CCC2=O. The maximum absolute atomic E-state index is 12.7. The van der Waals surface area contributed by atoms with Crippen molar-refractivity contribution >= 4 is 5.78 Å². The average molecular weight is 332 g/mol. The van der Waals surface area contributed by atoms with E-state index in [4.69, 9.17) is 4.74 Å². The number of ketones is 1. The quantitative estimate of drug-likeness (QED) is 0.742. The molecule has 0 amide bonds. The molecule has 1 saturated heterocycles. The third-order valence-electron chi connectivity index (χ3n) is 9.74. The topological polar surface area (TPSA) is 49.8 Å². The summed E-state index contributed by atoms with van der Waals surface area (Å²) in [7, 11) is 0. The van der Waals surface area contributed by atoms with Gasteiger partial charge in [-0.15, -0.1) is 0 Å². The number of epoxide rings is 1. The molecule has 134 valence electrons. The van der Waals surface area contributed by atoms with Crippen LogP contribution in [-0.2, 0) is 9.53 Å². The Balaban J connectivity index is 1.53. The van der Waals surface area contributed by atoms with Gasteiger partial charge in [-0.05, 0) is 74.5 Å². The number of ether oxygens (including phenoxy) is 1. The van der Waals surface area contributed by atoms with Gasteiger partial charge in [0.2, 0.25) is 0 Å². The lowest BCUT2D eigenvalue weighted by Crippen LogP contribution is -2.60. The fourth-order valence-electron chi connectivity index (χ4n) is 8.31. The van der Waals surface area contributed by atoms with Crippen LogP contribution in [0.2, 0.25) is 0 Å². The molecule has 1 N–H and O–H groups in total. The molecule has 24 heavy (non-hydrogen) atoms. The molecule has 1 aliphatic heterocycles. The first kappa shape index (κ1) is 15.8. The molecule has 3 heteroatoms. The van der Waals surface area contributed by atoms with Crippen molar-refractivity contribution in [2.45, 2.75) is 95.9 Å². The molecule has 5 rings (SSSR count). The van der Waals surface area contributed by atoms with Gasteiger partial charge in [0.15, 0.2) is 11.4 Å². The molecule has 0 radical (unpaired) electrons. The highest BCUT2D eigenvalue weighted by atomic mass is 16.6. The third-order valence-corrected chi connectivity index (χ3v) is 9.74. The predicted octanol–water partition coefficient (Wildman–Crippen LogP) is 3.87. The van der Waals surface area contributed by atoms with Crippen molar-refractivity contribution in [1.29, 1.82) is 0 Å². The zero-order valence-corrected chi connectivity index (χ0v) is 15.4. The Morgan fingerprint density at radius 3 is 2.62 bits per heavy atom. The second-order valence-electron chi connectivity index (χ2n) is 10.0. The summed E-state index contributed by atoms with van der Waals surface area (Å²) in [6.07, 6.45) is 9.27. The van der Waals surface area contributed by atoms with Crippen molar-refractivity contribution in [2.75, 3.05) is 0 Å². The summed E-state index contributed by atoms with van der Waals surface area (Å²) in [5.74, 6) is 2.45. The van der Waals surface area contributed by atoms with Crippen LogP contribution in [-0.4, -0.2) is 28.2 Å². The van der Waals surface area contributed by atoms with Gasteiger partial charge < -0.3 is 9.84 Å². The van der Waals surface area contributed by atoms with Crippen LogP contribution in [0.3, 0.4) is 0 Å². The van der Waals surface area contributed by atoms with Crippen molar-refractivity contribution in [1.82, 2.24) is 0 Å². The Bertz CT molecular complexity index is 602. The summed E-state index contributed by atoms with van der Waals surface area (Å²) in [6, 6.07) is 0. The van der Waals surface area contributed by atoms with Crippen LogP contribution in [0.15, 0.2) is 0 Å². The van der Waals surface area contributed by atoms with Crippen LogP contribution in [0.4, 0.5) is 0 Å². The Kier molecular flexibility index (Phi) is 2.94. The van der Waals surface area contributed by atoms with E-state index in [1.54, 1.807) is 0 Å². The lowest BCUT2D eigenvalue weighted by molar-refractivity contribution is -0.138. The van der Waals surface area contributed by atoms with Crippen LogP contribution in [0, 0.1) is 28.6 Å². The first-order chi connectivity index (χ1) is 11.3. The Hall–Kier alpha value is -0.410. The summed E-state index contributed by atoms with van der Waals surface area (Å²) < 4.78 is 6.43. The number of rotatable bonds is 1. The molecule has 0 bridgehead atoms. The largest absolute Gasteiger partial charge is 0.393 e. The van der Waals surface area contributed by atoms with E-state index < -0.39 is 5.60 Å². The van der Waals surface area contributed by atoms with Crippen molar-refractivity contribution in [3.63, 3.8) is 0 Å². The molecule has 1 heterocycles. The summed E-state index contributed by atoms with van der Waals surface area (Å²) >= 11 is 0. The third kappa shape index (κ3) is 1.44.